The third-order valence-corrected chi connectivity index (χ3v) is 11.9. The number of benzene rings is 2. The maximum atomic E-state index is 15.0. The number of nitrogens with one attached hydrogen (secondary N) is 4. The molecule has 2 aromatic rings. The lowest BCUT2D eigenvalue weighted by atomic mass is 9.99. The molecule has 4 fully saturated rings. The lowest BCUT2D eigenvalue weighted by Gasteiger charge is -2.39. The predicted molar refractivity (Wildman–Crippen MR) is 213 cm³/mol. The number of nitrogens with zero attached hydrogens (tertiary/aromatic N) is 4. The molecule has 6 N–H and O–H groups in total. The molecule has 62 heavy (non-hydrogen) atoms. The van der Waals surface area contributed by atoms with Crippen LogP contribution in [-0.4, -0.2) is 128 Å². The summed E-state index contributed by atoms with van der Waals surface area (Å²) in [6.07, 6.45) is -2.98. The first-order valence-corrected chi connectivity index (χ1v) is 21.8. The average molecular weight is 887 g/mol. The molecule has 4 saturated heterocycles. The van der Waals surface area contributed by atoms with Gasteiger partial charge in [-0.05, 0) is 87.4 Å². The van der Waals surface area contributed by atoms with Crippen LogP contribution in [0.15, 0.2) is 42.5 Å². The third-order valence-electron chi connectivity index (χ3n) is 11.3. The summed E-state index contributed by atoms with van der Waals surface area (Å²) in [6.45, 7) is 4.57. The fourth-order valence-corrected chi connectivity index (χ4v) is 8.99. The second-order valence-corrected chi connectivity index (χ2v) is 17.4. The number of phosphoric acid groups is 1. The molecule has 4 heterocycles. The summed E-state index contributed by atoms with van der Waals surface area (Å²) in [5, 5.41) is 19.5. The molecule has 6 rings (SSSR count). The third kappa shape index (κ3) is 11.1. The van der Waals surface area contributed by atoms with Crippen LogP contribution in [0.25, 0.3) is 0 Å². The van der Waals surface area contributed by atoms with Gasteiger partial charge in [-0.1, -0.05) is 6.92 Å². The van der Waals surface area contributed by atoms with Gasteiger partial charge in [-0.15, -0.1) is 0 Å². The van der Waals surface area contributed by atoms with E-state index in [1.807, 2.05) is 13.0 Å². The number of phosphoric ester groups is 1. The molecule has 19 nitrogen and oxygen atoms in total. The molecule has 0 aliphatic carbocycles. The van der Waals surface area contributed by atoms with Crippen LogP contribution in [0.5, 0.6) is 0 Å². The van der Waals surface area contributed by atoms with Gasteiger partial charge in [-0.2, -0.15) is 5.26 Å². The van der Waals surface area contributed by atoms with E-state index in [1.54, 1.807) is 0 Å². The van der Waals surface area contributed by atoms with E-state index in [0.29, 0.717) is 24.5 Å². The van der Waals surface area contributed by atoms with E-state index < -0.39 is 123 Å². The van der Waals surface area contributed by atoms with Crippen molar-refractivity contribution >= 4 is 49.1 Å². The Hall–Kier alpha value is -5.52. The fraction of sp³-hybridized carbons (Fsp3) is 0.525. The number of fused-ring (bicyclic) bond motifs is 3. The van der Waals surface area contributed by atoms with Crippen molar-refractivity contribution in [3.8, 4) is 6.07 Å². The van der Waals surface area contributed by atoms with Gasteiger partial charge < -0.3 is 50.5 Å². The van der Waals surface area contributed by atoms with Crippen LogP contribution in [0.4, 0.5) is 19.3 Å². The van der Waals surface area contributed by atoms with Crippen molar-refractivity contribution in [1.29, 1.82) is 5.26 Å². The molecule has 0 aromatic heterocycles. The van der Waals surface area contributed by atoms with Gasteiger partial charge in [-0.3, -0.25) is 28.5 Å². The SMILES string of the molecule is C[C@@H]1C[C@H]2O[C@@H](C)[C@H](NC(=O)[C@H](Cc3cc(F)cc(F)c3)NC(=O)Nc3ccc(C#N)cc3)C(=O)N3C[C@H](OP(=O)(O)O)C[C@H]3C(=O)N3CCCC[C@H]3C(=O)N[C@@H](C)C(=O)N2C1. The summed E-state index contributed by atoms with van der Waals surface area (Å²) < 4.78 is 52.2. The molecule has 334 valence electrons. The van der Waals surface area contributed by atoms with Crippen molar-refractivity contribution < 1.29 is 61.2 Å². The number of urea groups is 1. The molecule has 0 saturated carbocycles. The maximum Gasteiger partial charge on any atom is 0.469 e. The normalized spacial score (nSPS) is 27.7. The lowest BCUT2D eigenvalue weighted by Crippen LogP contribution is -2.62. The van der Waals surface area contributed by atoms with Gasteiger partial charge in [0.1, 0.15) is 48.1 Å². The van der Waals surface area contributed by atoms with Crippen molar-refractivity contribution in [3.05, 3.63) is 65.2 Å². The summed E-state index contributed by atoms with van der Waals surface area (Å²) in [6, 6.07) is 2.32. The second kappa shape index (κ2) is 19.3. The van der Waals surface area contributed by atoms with Gasteiger partial charge >= 0.3 is 13.9 Å². The lowest BCUT2D eigenvalue weighted by molar-refractivity contribution is -0.157. The van der Waals surface area contributed by atoms with Crippen LogP contribution >= 0.6 is 7.82 Å². The Morgan fingerprint density at radius 3 is 2.31 bits per heavy atom. The standard InChI is InChI=1S/C40H49F2N8O11P/c1-21-12-33-50(19-21)37(53)22(2)44-36(52)31-6-4-5-11-48(31)38(54)32-17-29(61-62(57,58)59)20-49(32)39(55)34(23(3)60-33)47-35(51)30(15-25-13-26(41)16-27(42)14-25)46-40(56)45-28-9-7-24(18-43)8-10-28/h7-10,13-14,16,21-23,29-34H,4-6,11-12,15,17,19-20H2,1-3H3,(H,44,52)(H,47,51)(H2,45,46,56)(H2,57,58,59)/t21-,22+,23+,29-,30+,31+,32+,33-,34+/m1/s1. The quantitative estimate of drug-likeness (QED) is 0.207. The van der Waals surface area contributed by atoms with Crippen LogP contribution in [0, 0.1) is 28.9 Å². The zero-order valence-electron chi connectivity index (χ0n) is 34.2. The van der Waals surface area contributed by atoms with Crippen molar-refractivity contribution in [3.63, 3.8) is 0 Å². The van der Waals surface area contributed by atoms with E-state index in [0.717, 1.165) is 17.0 Å². The van der Waals surface area contributed by atoms with E-state index in [1.165, 1.54) is 47.9 Å². The highest BCUT2D eigenvalue weighted by atomic mass is 31.2. The van der Waals surface area contributed by atoms with Gasteiger partial charge in [-0.25, -0.2) is 18.1 Å². The molecule has 0 radical (unpaired) electrons. The number of nitriles is 1. The van der Waals surface area contributed by atoms with Gasteiger partial charge in [0.2, 0.25) is 29.5 Å². The first-order chi connectivity index (χ1) is 29.3. The highest BCUT2D eigenvalue weighted by Crippen LogP contribution is 2.41. The fourth-order valence-electron chi connectivity index (χ4n) is 8.45. The summed E-state index contributed by atoms with van der Waals surface area (Å²) in [7, 11) is -5.17. The topological polar surface area (TPSA) is 260 Å². The monoisotopic (exact) mass is 886 g/mol. The van der Waals surface area contributed by atoms with Crippen molar-refractivity contribution in [2.45, 2.75) is 108 Å². The van der Waals surface area contributed by atoms with Crippen LogP contribution in [0.3, 0.4) is 0 Å². The van der Waals surface area contributed by atoms with Crippen molar-refractivity contribution in [2.24, 2.45) is 5.92 Å². The summed E-state index contributed by atoms with van der Waals surface area (Å²) >= 11 is 0. The summed E-state index contributed by atoms with van der Waals surface area (Å²) in [4.78, 5) is 108. The summed E-state index contributed by atoms with van der Waals surface area (Å²) in [5.74, 6) is -5.88. The van der Waals surface area contributed by atoms with Gasteiger partial charge in [0.05, 0.1) is 23.8 Å². The number of carbonyl (C=O) groups is 6. The first-order valence-electron chi connectivity index (χ1n) is 20.2. The van der Waals surface area contributed by atoms with E-state index in [4.69, 9.17) is 14.5 Å². The molecule has 0 spiro atoms. The molecular formula is C40H49F2N8O11P. The first kappa shape index (κ1) is 46.0. The Morgan fingerprint density at radius 2 is 1.65 bits per heavy atom. The number of rotatable bonds is 8. The molecule has 2 aromatic carbocycles. The average Bonchev–Trinajstić information content (AvgIpc) is 3.79. The largest absolute Gasteiger partial charge is 0.469 e. The van der Waals surface area contributed by atoms with Crippen molar-refractivity contribution in [2.75, 3.05) is 25.0 Å². The van der Waals surface area contributed by atoms with Crippen LogP contribution < -0.4 is 21.3 Å². The Kier molecular flexibility index (Phi) is 14.3. The van der Waals surface area contributed by atoms with E-state index in [2.05, 4.69) is 21.3 Å². The second-order valence-electron chi connectivity index (χ2n) is 16.2. The Labute approximate surface area is 355 Å². The molecule has 7 amide bonds. The molecule has 0 unspecified atom stereocenters. The molecule has 4 aliphatic heterocycles. The minimum absolute atomic E-state index is 0.0517. The number of carbonyl (C=O) groups excluding carboxylic acids is 6. The number of anilines is 1. The zero-order valence-corrected chi connectivity index (χ0v) is 35.1. The van der Waals surface area contributed by atoms with Gasteiger partial charge in [0.25, 0.3) is 0 Å². The van der Waals surface area contributed by atoms with Gasteiger partial charge in [0, 0.05) is 44.2 Å². The minimum atomic E-state index is -5.17. The highest BCUT2D eigenvalue weighted by molar-refractivity contribution is 7.46. The number of hydrogen-bond donors (Lipinski definition) is 6. The molecule has 0 bridgehead atoms. The zero-order chi connectivity index (χ0) is 45.0. The molecule has 4 aliphatic rings. The van der Waals surface area contributed by atoms with E-state index in [9.17, 15) is 51.9 Å². The van der Waals surface area contributed by atoms with Crippen LogP contribution in [0.2, 0.25) is 0 Å². The smallest absolute Gasteiger partial charge is 0.353 e. The van der Waals surface area contributed by atoms with Gasteiger partial charge in [0.15, 0.2) is 0 Å². The van der Waals surface area contributed by atoms with Crippen LogP contribution in [0.1, 0.15) is 64.0 Å². The van der Waals surface area contributed by atoms with E-state index >= 15 is 0 Å². The van der Waals surface area contributed by atoms with E-state index in [-0.39, 0.29) is 43.1 Å². The number of piperidine rings is 1. The highest BCUT2D eigenvalue weighted by Gasteiger charge is 2.50. The summed E-state index contributed by atoms with van der Waals surface area (Å²) in [5.41, 5.74) is 0.474. The maximum absolute atomic E-state index is 15.0. The Morgan fingerprint density at radius 1 is 0.952 bits per heavy atom. The van der Waals surface area contributed by atoms with Crippen molar-refractivity contribution in [1.82, 2.24) is 30.7 Å². The predicted octanol–water partition coefficient (Wildman–Crippen LogP) is 1.63. The van der Waals surface area contributed by atoms with Crippen LogP contribution in [-0.2, 0) is 44.2 Å². The number of ether oxygens (including phenoxy) is 1. The molecule has 22 heteroatoms. The Balaban J connectivity index is 1.38. The number of hydrogen-bond acceptors (Lipinski definition) is 10. The number of halogens is 2. The Bertz CT molecular complexity index is 2140. The number of amides is 7. The molecular weight excluding hydrogens is 837 g/mol. The molecule has 9 atom stereocenters. The minimum Gasteiger partial charge on any atom is -0.353 e.